The summed E-state index contributed by atoms with van der Waals surface area (Å²) >= 11 is 7.62. The van der Waals surface area contributed by atoms with E-state index < -0.39 is 0 Å². The Bertz CT molecular complexity index is 843. The lowest BCUT2D eigenvalue weighted by Crippen LogP contribution is -2.14. The largest absolute Gasteiger partial charge is 0.462 e. The van der Waals surface area contributed by atoms with Crippen LogP contribution in [0.4, 0.5) is 0 Å². The van der Waals surface area contributed by atoms with Crippen molar-refractivity contribution in [3.8, 4) is 17.4 Å². The molecule has 0 spiro atoms. The summed E-state index contributed by atoms with van der Waals surface area (Å²) in [7, 11) is 0. The molecule has 0 radical (unpaired) electrons. The number of thiophene rings is 1. The zero-order valence-electron chi connectivity index (χ0n) is 13.3. The number of rotatable bonds is 5. The molecule has 0 aliphatic rings. The van der Waals surface area contributed by atoms with Crippen LogP contribution in [0.5, 0.6) is 6.01 Å². The lowest BCUT2D eigenvalue weighted by Gasteiger charge is -2.04. The minimum Gasteiger partial charge on any atom is -0.462 e. The molecule has 0 atom stereocenters. The van der Waals surface area contributed by atoms with Crippen molar-refractivity contribution >= 4 is 28.8 Å². The van der Waals surface area contributed by atoms with E-state index in [9.17, 15) is 4.79 Å². The molecule has 24 heavy (non-hydrogen) atoms. The zero-order chi connectivity index (χ0) is 17.1. The van der Waals surface area contributed by atoms with Gasteiger partial charge in [0.05, 0.1) is 16.5 Å². The smallest absolute Gasteiger partial charge is 0.336 e. The summed E-state index contributed by atoms with van der Waals surface area (Å²) in [5.74, 6) is 0.443. The van der Waals surface area contributed by atoms with Gasteiger partial charge in [-0.1, -0.05) is 43.6 Å². The van der Waals surface area contributed by atoms with Crippen LogP contribution >= 0.6 is 22.9 Å². The van der Waals surface area contributed by atoms with Gasteiger partial charge in [-0.3, -0.25) is 4.79 Å². The van der Waals surface area contributed by atoms with E-state index in [2.05, 4.69) is 10.1 Å². The molecule has 0 N–H and O–H groups in total. The first-order valence-corrected chi connectivity index (χ1v) is 8.75. The van der Waals surface area contributed by atoms with E-state index in [-0.39, 0.29) is 11.9 Å². The number of ether oxygens (including phenoxy) is 1. The summed E-state index contributed by atoms with van der Waals surface area (Å²) in [5.41, 5.74) is 0.635. The van der Waals surface area contributed by atoms with Crippen LogP contribution in [0.15, 0.2) is 41.8 Å². The summed E-state index contributed by atoms with van der Waals surface area (Å²) in [6.07, 6.45) is 0. The van der Waals surface area contributed by atoms with Crippen LogP contribution in [0.1, 0.15) is 23.5 Å². The Hall–Kier alpha value is -2.18. The second-order valence-electron chi connectivity index (χ2n) is 5.60. The summed E-state index contributed by atoms with van der Waals surface area (Å²) in [4.78, 5) is 17.7. The highest BCUT2D eigenvalue weighted by Crippen LogP contribution is 2.28. The maximum Gasteiger partial charge on any atom is 0.336 e. The van der Waals surface area contributed by atoms with Crippen LogP contribution in [0.2, 0.25) is 5.02 Å². The van der Waals surface area contributed by atoms with Crippen LogP contribution in [-0.2, 0) is 0 Å². The average Bonchev–Trinajstić information content (AvgIpc) is 3.22. The molecule has 7 heteroatoms. The normalized spacial score (nSPS) is 11.0. The Balaban J connectivity index is 2.05. The fourth-order valence-electron chi connectivity index (χ4n) is 2.06. The van der Waals surface area contributed by atoms with Gasteiger partial charge in [-0.2, -0.15) is 9.67 Å². The van der Waals surface area contributed by atoms with Crippen molar-refractivity contribution in [2.75, 3.05) is 6.61 Å². The molecule has 0 bridgehead atoms. The maximum absolute atomic E-state index is 12.7. The molecule has 0 aliphatic heterocycles. The van der Waals surface area contributed by atoms with Gasteiger partial charge in [0, 0.05) is 5.56 Å². The van der Waals surface area contributed by atoms with Gasteiger partial charge in [-0.05, 0) is 29.5 Å². The molecule has 2 heterocycles. The molecule has 0 saturated heterocycles. The fraction of sp³-hybridized carbons (Fsp3) is 0.235. The SMILES string of the molecule is CC(C)COc1nc(-c2ccccc2Cl)n(C(=O)c2cccs2)n1. The first-order valence-electron chi connectivity index (χ1n) is 7.49. The lowest BCUT2D eigenvalue weighted by atomic mass is 10.2. The quantitative estimate of drug-likeness (QED) is 0.676. The van der Waals surface area contributed by atoms with Gasteiger partial charge in [-0.15, -0.1) is 16.4 Å². The van der Waals surface area contributed by atoms with Gasteiger partial charge >= 0.3 is 6.01 Å². The molecule has 3 aromatic rings. The summed E-state index contributed by atoms with van der Waals surface area (Å²) in [6, 6.07) is 11.0. The molecule has 0 amide bonds. The van der Waals surface area contributed by atoms with Gasteiger partial charge in [0.1, 0.15) is 0 Å². The van der Waals surface area contributed by atoms with Crippen molar-refractivity contribution in [3.63, 3.8) is 0 Å². The molecule has 1 aromatic carbocycles. The molecule has 0 fully saturated rings. The van der Waals surface area contributed by atoms with Gasteiger partial charge in [-0.25, -0.2) is 0 Å². The van der Waals surface area contributed by atoms with E-state index in [0.717, 1.165) is 0 Å². The molecule has 3 rings (SSSR count). The monoisotopic (exact) mass is 361 g/mol. The van der Waals surface area contributed by atoms with Crippen LogP contribution in [0.3, 0.4) is 0 Å². The summed E-state index contributed by atoms with van der Waals surface area (Å²) in [5, 5.41) is 6.58. The molecule has 2 aromatic heterocycles. The number of nitrogens with zero attached hydrogens (tertiary/aromatic N) is 3. The second kappa shape index (κ2) is 7.15. The first-order chi connectivity index (χ1) is 11.6. The second-order valence-corrected chi connectivity index (χ2v) is 6.95. The molecule has 0 aliphatic carbocycles. The Labute approximate surface area is 148 Å². The Morgan fingerprint density at radius 2 is 2.08 bits per heavy atom. The zero-order valence-corrected chi connectivity index (χ0v) is 14.8. The standard InChI is InChI=1S/C17H16ClN3O2S/c1-11(2)10-23-17-19-15(12-6-3-4-7-13(12)18)21(20-17)16(22)14-8-5-9-24-14/h3-9,11H,10H2,1-2H3. The number of halogens is 1. The average molecular weight is 362 g/mol. The Morgan fingerprint density at radius 3 is 2.75 bits per heavy atom. The van der Waals surface area contributed by atoms with E-state index >= 15 is 0 Å². The number of hydrogen-bond donors (Lipinski definition) is 0. The third kappa shape index (κ3) is 3.49. The van der Waals surface area contributed by atoms with E-state index in [1.54, 1.807) is 18.2 Å². The van der Waals surface area contributed by atoms with Crippen LogP contribution < -0.4 is 4.74 Å². The number of carbonyl (C=O) groups excluding carboxylic acids is 1. The molecule has 0 unspecified atom stereocenters. The highest BCUT2D eigenvalue weighted by molar-refractivity contribution is 7.12. The molecular formula is C17H16ClN3O2S. The van der Waals surface area contributed by atoms with Crippen molar-refractivity contribution in [1.29, 1.82) is 0 Å². The van der Waals surface area contributed by atoms with Crippen molar-refractivity contribution in [2.45, 2.75) is 13.8 Å². The van der Waals surface area contributed by atoms with Crippen molar-refractivity contribution < 1.29 is 9.53 Å². The van der Waals surface area contributed by atoms with Gasteiger partial charge in [0.15, 0.2) is 5.82 Å². The van der Waals surface area contributed by atoms with Crippen LogP contribution in [0, 0.1) is 5.92 Å². The highest BCUT2D eigenvalue weighted by Gasteiger charge is 2.22. The van der Waals surface area contributed by atoms with Gasteiger partial charge < -0.3 is 4.74 Å². The number of carbonyl (C=O) groups is 1. The highest BCUT2D eigenvalue weighted by atomic mass is 35.5. The van der Waals surface area contributed by atoms with Crippen LogP contribution in [0.25, 0.3) is 11.4 Å². The number of aromatic nitrogens is 3. The van der Waals surface area contributed by atoms with Crippen molar-refractivity contribution in [2.24, 2.45) is 5.92 Å². The van der Waals surface area contributed by atoms with Gasteiger partial charge in [0.25, 0.3) is 5.91 Å². The third-order valence-electron chi connectivity index (χ3n) is 3.17. The van der Waals surface area contributed by atoms with E-state index in [1.807, 2.05) is 37.4 Å². The van der Waals surface area contributed by atoms with E-state index in [4.69, 9.17) is 16.3 Å². The Kier molecular flexibility index (Phi) is 4.97. The van der Waals surface area contributed by atoms with Crippen molar-refractivity contribution in [3.05, 3.63) is 51.7 Å². The Morgan fingerprint density at radius 1 is 1.29 bits per heavy atom. The summed E-state index contributed by atoms with van der Waals surface area (Å²) in [6.45, 7) is 4.53. The fourth-order valence-corrected chi connectivity index (χ4v) is 2.93. The third-order valence-corrected chi connectivity index (χ3v) is 4.36. The minimum absolute atomic E-state index is 0.170. The summed E-state index contributed by atoms with van der Waals surface area (Å²) < 4.78 is 6.84. The predicted molar refractivity (Wildman–Crippen MR) is 94.8 cm³/mol. The predicted octanol–water partition coefficient (Wildman–Crippen LogP) is 4.38. The first kappa shape index (κ1) is 16.7. The van der Waals surface area contributed by atoms with Crippen molar-refractivity contribution in [1.82, 2.24) is 14.8 Å². The molecular weight excluding hydrogens is 346 g/mol. The number of hydrogen-bond acceptors (Lipinski definition) is 5. The molecule has 5 nitrogen and oxygen atoms in total. The topological polar surface area (TPSA) is 57.0 Å². The lowest BCUT2D eigenvalue weighted by molar-refractivity contribution is 0.0948. The number of benzene rings is 1. The van der Waals surface area contributed by atoms with Crippen LogP contribution in [-0.4, -0.2) is 27.3 Å². The minimum atomic E-state index is -0.258. The van der Waals surface area contributed by atoms with Gasteiger partial charge in [0.2, 0.25) is 0 Å². The maximum atomic E-state index is 12.7. The molecule has 124 valence electrons. The van der Waals surface area contributed by atoms with E-state index in [1.165, 1.54) is 16.0 Å². The van der Waals surface area contributed by atoms with E-state index in [0.29, 0.717) is 33.8 Å². The molecule has 0 saturated carbocycles.